The summed E-state index contributed by atoms with van der Waals surface area (Å²) in [5.74, 6) is 3.18. The summed E-state index contributed by atoms with van der Waals surface area (Å²) in [4.78, 5) is 12.8. The molecule has 2 rings (SSSR count). The van der Waals surface area contributed by atoms with Crippen molar-refractivity contribution < 1.29 is 23.7 Å². The Hall–Kier alpha value is -2.69. The molecule has 0 aromatic heterocycles. The molecule has 0 radical (unpaired) electrons. The van der Waals surface area contributed by atoms with Crippen LogP contribution in [0.4, 0.5) is 0 Å². The molecule has 0 atom stereocenters. The Morgan fingerprint density at radius 1 is 0.633 bits per heavy atom. The molecule has 0 amide bonds. The van der Waals surface area contributed by atoms with Gasteiger partial charge < -0.3 is 18.9 Å². The summed E-state index contributed by atoms with van der Waals surface area (Å²) < 4.78 is 22.2. The van der Waals surface area contributed by atoms with Crippen LogP contribution < -0.4 is 18.9 Å². The van der Waals surface area contributed by atoms with Crippen molar-refractivity contribution >= 4 is 5.78 Å². The molecule has 0 unspecified atom stereocenters. The Bertz CT molecular complexity index is 737. The zero-order valence-electron chi connectivity index (χ0n) is 19.1. The smallest absolute Gasteiger partial charge is 0.141 e. The van der Waals surface area contributed by atoms with E-state index in [0.29, 0.717) is 12.8 Å². The van der Waals surface area contributed by atoms with E-state index in [1.54, 1.807) is 28.4 Å². The molecular weight excluding hydrogens is 380 g/mol. The van der Waals surface area contributed by atoms with E-state index in [1.807, 2.05) is 24.3 Å². The fourth-order valence-corrected chi connectivity index (χ4v) is 3.79. The third-order valence-corrected chi connectivity index (χ3v) is 5.14. The molecule has 0 N–H and O–H groups in total. The van der Waals surface area contributed by atoms with E-state index in [-0.39, 0.29) is 5.78 Å². The number of Topliss-reactive ketones (excluding diaryl/α,β-unsaturated/α-hetero) is 1. The van der Waals surface area contributed by atoms with E-state index < -0.39 is 0 Å². The van der Waals surface area contributed by atoms with Crippen molar-refractivity contribution in [1.29, 1.82) is 0 Å². The molecule has 0 spiro atoms. The summed E-state index contributed by atoms with van der Waals surface area (Å²) in [6, 6.07) is 7.77. The first-order valence-electron chi connectivity index (χ1n) is 10.5. The number of ether oxygens (including phenoxy) is 4. The normalized spacial score (nSPS) is 10.6. The van der Waals surface area contributed by atoms with Gasteiger partial charge in [0.2, 0.25) is 0 Å². The van der Waals surface area contributed by atoms with Crippen LogP contribution in [0, 0.1) is 0 Å². The molecule has 0 aliphatic rings. The van der Waals surface area contributed by atoms with E-state index in [4.69, 9.17) is 18.9 Å². The van der Waals surface area contributed by atoms with E-state index >= 15 is 0 Å². The summed E-state index contributed by atoms with van der Waals surface area (Å²) >= 11 is 0. The highest BCUT2D eigenvalue weighted by atomic mass is 16.5. The summed E-state index contributed by atoms with van der Waals surface area (Å²) in [7, 11) is 6.60. The van der Waals surface area contributed by atoms with Gasteiger partial charge in [-0.2, -0.15) is 0 Å². The number of rotatable bonds is 12. The minimum absolute atomic E-state index is 0.106. The van der Waals surface area contributed by atoms with Crippen molar-refractivity contribution in [2.45, 2.75) is 52.4 Å². The quantitative estimate of drug-likeness (QED) is 0.490. The Labute approximate surface area is 180 Å². The van der Waals surface area contributed by atoms with E-state index in [1.165, 1.54) is 0 Å². The molecule has 0 saturated carbocycles. The summed E-state index contributed by atoms with van der Waals surface area (Å²) in [5.41, 5.74) is 3.85. The first-order chi connectivity index (χ1) is 14.5. The lowest BCUT2D eigenvalue weighted by atomic mass is 9.97. The second-order valence-electron chi connectivity index (χ2n) is 7.35. The van der Waals surface area contributed by atoms with Gasteiger partial charge in [0.15, 0.2) is 0 Å². The molecule has 0 aliphatic carbocycles. The molecular formula is C25H34O5. The summed E-state index contributed by atoms with van der Waals surface area (Å²) in [6.07, 6.45) is 4.32. The maximum atomic E-state index is 12.8. The van der Waals surface area contributed by atoms with Crippen LogP contribution in [0.1, 0.15) is 48.9 Å². The maximum Gasteiger partial charge on any atom is 0.141 e. The van der Waals surface area contributed by atoms with Crippen molar-refractivity contribution in [1.82, 2.24) is 0 Å². The van der Waals surface area contributed by atoms with Crippen LogP contribution in [0.3, 0.4) is 0 Å². The highest BCUT2D eigenvalue weighted by molar-refractivity contribution is 5.83. The predicted octanol–water partition coefficient (Wildman–Crippen LogP) is 4.98. The van der Waals surface area contributed by atoms with Crippen molar-refractivity contribution in [2.24, 2.45) is 0 Å². The number of hydrogen-bond acceptors (Lipinski definition) is 5. The maximum absolute atomic E-state index is 12.8. The van der Waals surface area contributed by atoms with Gasteiger partial charge in [0, 0.05) is 24.0 Å². The van der Waals surface area contributed by atoms with Gasteiger partial charge in [-0.3, -0.25) is 4.79 Å². The van der Waals surface area contributed by atoms with Crippen LogP contribution in [0.15, 0.2) is 24.3 Å². The third-order valence-electron chi connectivity index (χ3n) is 5.14. The Morgan fingerprint density at radius 3 is 1.17 bits per heavy atom. The molecule has 5 heteroatoms. The fourth-order valence-electron chi connectivity index (χ4n) is 3.79. The van der Waals surface area contributed by atoms with Gasteiger partial charge in [-0.15, -0.1) is 0 Å². The zero-order valence-corrected chi connectivity index (χ0v) is 19.1. The first kappa shape index (κ1) is 23.6. The molecule has 2 aromatic rings. The van der Waals surface area contributed by atoms with Crippen LogP contribution in [0.2, 0.25) is 0 Å². The molecule has 164 valence electrons. The van der Waals surface area contributed by atoms with Crippen LogP contribution in [0.25, 0.3) is 0 Å². The second kappa shape index (κ2) is 11.5. The number of ketones is 1. The van der Waals surface area contributed by atoms with Crippen molar-refractivity contribution in [2.75, 3.05) is 28.4 Å². The van der Waals surface area contributed by atoms with E-state index in [0.717, 1.165) is 70.9 Å². The van der Waals surface area contributed by atoms with Gasteiger partial charge in [0.05, 0.1) is 28.4 Å². The highest BCUT2D eigenvalue weighted by Gasteiger charge is 2.16. The first-order valence-corrected chi connectivity index (χ1v) is 10.5. The molecule has 0 heterocycles. The van der Waals surface area contributed by atoms with Crippen LogP contribution in [0.5, 0.6) is 23.0 Å². The highest BCUT2D eigenvalue weighted by Crippen LogP contribution is 2.33. The lowest BCUT2D eigenvalue weighted by molar-refractivity contribution is -0.117. The van der Waals surface area contributed by atoms with Gasteiger partial charge in [0.25, 0.3) is 0 Å². The number of carbonyl (C=O) groups is 1. The molecule has 0 bridgehead atoms. The minimum atomic E-state index is 0.106. The van der Waals surface area contributed by atoms with E-state index in [9.17, 15) is 4.79 Å². The third kappa shape index (κ3) is 5.68. The van der Waals surface area contributed by atoms with Crippen molar-refractivity contribution in [3.05, 3.63) is 46.5 Å². The zero-order chi connectivity index (χ0) is 22.1. The number of hydrogen-bond donors (Lipinski definition) is 0. The number of carbonyl (C=O) groups excluding carboxylic acids is 1. The minimum Gasteiger partial charge on any atom is -0.496 e. The monoisotopic (exact) mass is 414 g/mol. The average molecular weight is 415 g/mol. The van der Waals surface area contributed by atoms with Gasteiger partial charge in [-0.05, 0) is 48.2 Å². The molecule has 5 nitrogen and oxygen atoms in total. The molecule has 0 fully saturated rings. The lowest BCUT2D eigenvalue weighted by Gasteiger charge is -2.16. The van der Waals surface area contributed by atoms with Crippen molar-refractivity contribution in [3.8, 4) is 23.0 Å². The summed E-state index contributed by atoms with van der Waals surface area (Å²) in [6.45, 7) is 4.23. The van der Waals surface area contributed by atoms with Gasteiger partial charge in [-0.1, -0.05) is 26.7 Å². The number of methoxy groups -OCH3 is 4. The standard InChI is InChI=1S/C25H34O5/c1-7-9-20-22(27-3)13-17(14-23(20)28-4)11-19(26)12-18-15-24(29-5)21(10-8-2)25(16-18)30-6/h13-16H,7-12H2,1-6H3. The Balaban J connectivity index is 2.25. The van der Waals surface area contributed by atoms with Gasteiger partial charge in [0.1, 0.15) is 28.8 Å². The molecule has 2 aromatic carbocycles. The van der Waals surface area contributed by atoms with Crippen LogP contribution in [-0.4, -0.2) is 34.2 Å². The average Bonchev–Trinajstić information content (AvgIpc) is 2.75. The SMILES string of the molecule is CCCc1c(OC)cc(CC(=O)Cc2cc(OC)c(CCC)c(OC)c2)cc1OC. The summed E-state index contributed by atoms with van der Waals surface area (Å²) in [5, 5.41) is 0. The molecule has 0 saturated heterocycles. The molecule has 0 aliphatic heterocycles. The molecule has 30 heavy (non-hydrogen) atoms. The number of benzene rings is 2. The van der Waals surface area contributed by atoms with E-state index in [2.05, 4.69) is 13.8 Å². The van der Waals surface area contributed by atoms with Crippen LogP contribution in [-0.2, 0) is 30.5 Å². The van der Waals surface area contributed by atoms with Crippen LogP contribution >= 0.6 is 0 Å². The largest absolute Gasteiger partial charge is 0.496 e. The predicted molar refractivity (Wildman–Crippen MR) is 119 cm³/mol. The second-order valence-corrected chi connectivity index (χ2v) is 7.35. The topological polar surface area (TPSA) is 54.0 Å². The van der Waals surface area contributed by atoms with Gasteiger partial charge in [-0.25, -0.2) is 0 Å². The fraction of sp³-hybridized carbons (Fsp3) is 0.480. The Kier molecular flexibility index (Phi) is 9.03. The Morgan fingerprint density at radius 2 is 0.933 bits per heavy atom. The van der Waals surface area contributed by atoms with Crippen molar-refractivity contribution in [3.63, 3.8) is 0 Å². The van der Waals surface area contributed by atoms with Gasteiger partial charge >= 0.3 is 0 Å². The lowest BCUT2D eigenvalue weighted by Crippen LogP contribution is -2.09.